The lowest BCUT2D eigenvalue weighted by molar-refractivity contribution is -0.128. The summed E-state index contributed by atoms with van der Waals surface area (Å²) in [6.07, 6.45) is 0.824. The lowest BCUT2D eigenvalue weighted by Crippen LogP contribution is -2.30. The number of para-hydroxylation sites is 1. The van der Waals surface area contributed by atoms with E-state index in [-0.39, 0.29) is 18.2 Å². The Morgan fingerprint density at radius 1 is 1.21 bits per heavy atom. The largest absolute Gasteiger partial charge is 0.493 e. The van der Waals surface area contributed by atoms with Gasteiger partial charge in [0, 0.05) is 19.5 Å². The van der Waals surface area contributed by atoms with Crippen molar-refractivity contribution >= 4 is 17.5 Å². The van der Waals surface area contributed by atoms with Crippen LogP contribution < -0.4 is 14.8 Å². The molecule has 2 aromatic carbocycles. The highest BCUT2D eigenvalue weighted by molar-refractivity contribution is 5.98. The number of amides is 2. The van der Waals surface area contributed by atoms with E-state index in [1.54, 1.807) is 43.4 Å². The Morgan fingerprint density at radius 2 is 1.97 bits per heavy atom. The van der Waals surface area contributed by atoms with Crippen molar-refractivity contribution < 1.29 is 19.1 Å². The zero-order chi connectivity index (χ0) is 20.8. The lowest BCUT2D eigenvalue weighted by Gasteiger charge is -2.17. The minimum Gasteiger partial charge on any atom is -0.493 e. The third-order valence-corrected chi connectivity index (χ3v) is 5.01. The van der Waals surface area contributed by atoms with E-state index in [2.05, 4.69) is 11.4 Å². The summed E-state index contributed by atoms with van der Waals surface area (Å²) in [6.45, 7) is 0.888. The number of ether oxygens (including phenoxy) is 2. The minimum absolute atomic E-state index is 0.0424. The number of hydrogen-bond acceptors (Lipinski definition) is 5. The van der Waals surface area contributed by atoms with Crippen LogP contribution in [0.25, 0.3) is 0 Å². The molecule has 1 fully saturated rings. The summed E-state index contributed by atoms with van der Waals surface area (Å²) in [5.41, 5.74) is 1.89. The summed E-state index contributed by atoms with van der Waals surface area (Å²) >= 11 is 0. The molecule has 0 bridgehead atoms. The number of hydrogen-bond donors (Lipinski definition) is 1. The number of carbonyl (C=O) groups excluding carboxylic acids is 2. The molecule has 0 saturated carbocycles. The van der Waals surface area contributed by atoms with Gasteiger partial charge in [-0.05, 0) is 36.2 Å². The van der Waals surface area contributed by atoms with Gasteiger partial charge in [-0.3, -0.25) is 9.59 Å². The average Bonchev–Trinajstić information content (AvgIpc) is 3.13. The molecular weight excluding hydrogens is 370 g/mol. The van der Waals surface area contributed by atoms with E-state index >= 15 is 0 Å². The second-order valence-electron chi connectivity index (χ2n) is 6.83. The topological polar surface area (TPSA) is 91.7 Å². The van der Waals surface area contributed by atoms with Crippen LogP contribution in [0.2, 0.25) is 0 Å². The third-order valence-electron chi connectivity index (χ3n) is 5.01. The second kappa shape index (κ2) is 9.11. The van der Waals surface area contributed by atoms with Crippen LogP contribution in [0.3, 0.4) is 0 Å². The SMILES string of the molecule is COc1ccc(CCN2CC(C(=O)Nc3ccccc3C#N)CC2=O)cc1OC. The van der Waals surface area contributed by atoms with E-state index in [9.17, 15) is 9.59 Å². The summed E-state index contributed by atoms with van der Waals surface area (Å²) in [6, 6.07) is 14.5. The van der Waals surface area contributed by atoms with E-state index in [0.29, 0.717) is 42.3 Å². The number of carbonyl (C=O) groups is 2. The molecule has 2 amide bonds. The van der Waals surface area contributed by atoms with Crippen LogP contribution in [0.5, 0.6) is 11.5 Å². The van der Waals surface area contributed by atoms with Crippen LogP contribution >= 0.6 is 0 Å². The number of nitrogens with zero attached hydrogens (tertiary/aromatic N) is 2. The van der Waals surface area contributed by atoms with Crippen molar-refractivity contribution in [2.45, 2.75) is 12.8 Å². The number of nitrogens with one attached hydrogen (secondary N) is 1. The molecule has 1 heterocycles. The Bertz CT molecular complexity index is 951. The molecule has 1 unspecified atom stereocenters. The van der Waals surface area contributed by atoms with Crippen molar-refractivity contribution in [2.75, 3.05) is 32.6 Å². The Kier molecular flexibility index (Phi) is 6.35. The minimum atomic E-state index is -0.431. The molecule has 2 aromatic rings. The highest BCUT2D eigenvalue weighted by atomic mass is 16.5. The zero-order valence-corrected chi connectivity index (χ0v) is 16.5. The normalized spacial score (nSPS) is 15.7. The molecule has 150 valence electrons. The van der Waals surface area contributed by atoms with Gasteiger partial charge in [0.15, 0.2) is 11.5 Å². The first kappa shape index (κ1) is 20.2. The van der Waals surface area contributed by atoms with Crippen LogP contribution in [-0.4, -0.2) is 44.0 Å². The molecular formula is C22H23N3O4. The van der Waals surface area contributed by atoms with E-state index in [4.69, 9.17) is 14.7 Å². The van der Waals surface area contributed by atoms with Crippen molar-refractivity contribution in [1.82, 2.24) is 4.90 Å². The molecule has 1 aliphatic rings. The van der Waals surface area contributed by atoms with E-state index < -0.39 is 5.92 Å². The second-order valence-corrected chi connectivity index (χ2v) is 6.83. The fourth-order valence-corrected chi connectivity index (χ4v) is 3.39. The first-order valence-electron chi connectivity index (χ1n) is 9.34. The third kappa shape index (κ3) is 4.66. The lowest BCUT2D eigenvalue weighted by atomic mass is 10.1. The van der Waals surface area contributed by atoms with E-state index in [1.807, 2.05) is 18.2 Å². The molecule has 0 spiro atoms. The maximum atomic E-state index is 12.6. The van der Waals surface area contributed by atoms with Gasteiger partial charge in [-0.25, -0.2) is 0 Å². The molecule has 0 aliphatic carbocycles. The number of nitriles is 1. The smallest absolute Gasteiger partial charge is 0.229 e. The predicted octanol–water partition coefficient (Wildman–Crippen LogP) is 2.61. The molecule has 1 N–H and O–H groups in total. The van der Waals surface area contributed by atoms with Gasteiger partial charge in [-0.15, -0.1) is 0 Å². The first-order chi connectivity index (χ1) is 14.0. The first-order valence-corrected chi connectivity index (χ1v) is 9.34. The summed E-state index contributed by atoms with van der Waals surface area (Å²) in [5, 5.41) is 11.9. The number of anilines is 1. The molecule has 7 heteroatoms. The van der Waals surface area contributed by atoms with E-state index in [0.717, 1.165) is 5.56 Å². The summed E-state index contributed by atoms with van der Waals surface area (Å²) < 4.78 is 10.6. The highest BCUT2D eigenvalue weighted by Gasteiger charge is 2.34. The molecule has 0 aromatic heterocycles. The molecule has 3 rings (SSSR count). The predicted molar refractivity (Wildman–Crippen MR) is 108 cm³/mol. The Hall–Kier alpha value is -3.53. The fourth-order valence-electron chi connectivity index (χ4n) is 3.39. The van der Waals surface area contributed by atoms with Crippen LogP contribution in [0.1, 0.15) is 17.5 Å². The Morgan fingerprint density at radius 3 is 2.69 bits per heavy atom. The van der Waals surface area contributed by atoms with E-state index in [1.165, 1.54) is 0 Å². The van der Waals surface area contributed by atoms with Crippen molar-refractivity contribution in [3.63, 3.8) is 0 Å². The van der Waals surface area contributed by atoms with Gasteiger partial charge in [0.05, 0.1) is 31.4 Å². The van der Waals surface area contributed by atoms with Crippen molar-refractivity contribution in [3.05, 3.63) is 53.6 Å². The van der Waals surface area contributed by atoms with Gasteiger partial charge in [0.25, 0.3) is 0 Å². The number of rotatable bonds is 7. The van der Waals surface area contributed by atoms with Gasteiger partial charge in [-0.2, -0.15) is 5.26 Å². The average molecular weight is 393 g/mol. The molecule has 1 atom stereocenters. The number of benzene rings is 2. The summed E-state index contributed by atoms with van der Waals surface area (Å²) in [5.74, 6) is 0.586. The summed E-state index contributed by atoms with van der Waals surface area (Å²) in [7, 11) is 3.17. The monoisotopic (exact) mass is 393 g/mol. The highest BCUT2D eigenvalue weighted by Crippen LogP contribution is 2.28. The van der Waals surface area contributed by atoms with Gasteiger partial charge in [0.2, 0.25) is 11.8 Å². The molecule has 1 aliphatic heterocycles. The maximum Gasteiger partial charge on any atom is 0.229 e. The zero-order valence-electron chi connectivity index (χ0n) is 16.5. The van der Waals surface area contributed by atoms with Crippen molar-refractivity contribution in [3.8, 4) is 17.6 Å². The van der Waals surface area contributed by atoms with Gasteiger partial charge in [0.1, 0.15) is 6.07 Å². The Balaban J connectivity index is 1.59. The van der Waals surface area contributed by atoms with Crippen LogP contribution in [-0.2, 0) is 16.0 Å². The molecule has 29 heavy (non-hydrogen) atoms. The fraction of sp³-hybridized carbons (Fsp3) is 0.318. The van der Waals surface area contributed by atoms with Crippen LogP contribution in [0.4, 0.5) is 5.69 Å². The quantitative estimate of drug-likeness (QED) is 0.781. The molecule has 0 radical (unpaired) electrons. The van der Waals surface area contributed by atoms with Gasteiger partial charge in [-0.1, -0.05) is 18.2 Å². The standard InChI is InChI=1S/C22H23N3O4/c1-28-19-8-7-15(11-20(19)29-2)9-10-25-14-17(12-21(25)26)22(27)24-18-6-4-3-5-16(18)13-23/h3-8,11,17H,9-10,12,14H2,1-2H3,(H,24,27). The maximum absolute atomic E-state index is 12.6. The van der Waals surface area contributed by atoms with Gasteiger partial charge < -0.3 is 19.7 Å². The van der Waals surface area contributed by atoms with Crippen molar-refractivity contribution in [1.29, 1.82) is 5.26 Å². The number of likely N-dealkylation sites (tertiary alicyclic amines) is 1. The molecule has 7 nitrogen and oxygen atoms in total. The molecule has 1 saturated heterocycles. The van der Waals surface area contributed by atoms with Crippen LogP contribution in [0, 0.1) is 17.2 Å². The number of methoxy groups -OCH3 is 2. The summed E-state index contributed by atoms with van der Waals surface area (Å²) in [4.78, 5) is 26.6. The van der Waals surface area contributed by atoms with Gasteiger partial charge >= 0.3 is 0 Å². The van der Waals surface area contributed by atoms with Crippen molar-refractivity contribution in [2.24, 2.45) is 5.92 Å². The Labute approximate surface area is 169 Å². The van der Waals surface area contributed by atoms with Crippen LogP contribution in [0.15, 0.2) is 42.5 Å².